The highest BCUT2D eigenvalue weighted by Crippen LogP contribution is 2.22. The van der Waals surface area contributed by atoms with E-state index >= 15 is 0 Å². The quantitative estimate of drug-likeness (QED) is 0.725. The van der Waals surface area contributed by atoms with Gasteiger partial charge in [-0.25, -0.2) is 0 Å². The van der Waals surface area contributed by atoms with Gasteiger partial charge in [0, 0.05) is 38.7 Å². The first-order valence-electron chi connectivity index (χ1n) is 10.1. The molecule has 1 aromatic rings. The van der Waals surface area contributed by atoms with E-state index in [4.69, 9.17) is 0 Å². The molecular weight excluding hydrogens is 324 g/mol. The Balaban J connectivity index is 0.000000597. The van der Waals surface area contributed by atoms with E-state index in [2.05, 4.69) is 13.8 Å². The van der Waals surface area contributed by atoms with Gasteiger partial charge in [0.05, 0.1) is 0 Å². The summed E-state index contributed by atoms with van der Waals surface area (Å²) in [4.78, 5) is 27.5. The van der Waals surface area contributed by atoms with Crippen LogP contribution < -0.4 is 4.90 Å². The summed E-state index contributed by atoms with van der Waals surface area (Å²) >= 11 is 0. The summed E-state index contributed by atoms with van der Waals surface area (Å²) in [5.74, 6) is 0.632. The second-order valence-electron chi connectivity index (χ2n) is 7.02. The van der Waals surface area contributed by atoms with Crippen LogP contribution in [0.2, 0.25) is 0 Å². The van der Waals surface area contributed by atoms with Crippen molar-refractivity contribution in [1.82, 2.24) is 4.90 Å². The van der Waals surface area contributed by atoms with Gasteiger partial charge >= 0.3 is 0 Å². The van der Waals surface area contributed by atoms with Crippen LogP contribution in [0.1, 0.15) is 66.2 Å². The van der Waals surface area contributed by atoms with Crippen LogP contribution in [0.25, 0.3) is 0 Å². The molecule has 1 heterocycles. The van der Waals surface area contributed by atoms with E-state index in [-0.39, 0.29) is 11.8 Å². The molecule has 4 nitrogen and oxygen atoms in total. The normalized spacial score (nSPS) is 16.5. The van der Waals surface area contributed by atoms with Crippen LogP contribution in [0.15, 0.2) is 30.3 Å². The molecule has 2 amide bonds. The van der Waals surface area contributed by atoms with Crippen molar-refractivity contribution in [3.8, 4) is 0 Å². The number of rotatable bonds is 6. The topological polar surface area (TPSA) is 40.6 Å². The third-order valence-corrected chi connectivity index (χ3v) is 4.78. The predicted molar refractivity (Wildman–Crippen MR) is 109 cm³/mol. The monoisotopic (exact) mass is 360 g/mol. The van der Waals surface area contributed by atoms with Crippen LogP contribution in [0, 0.1) is 5.92 Å². The van der Waals surface area contributed by atoms with Gasteiger partial charge in [0.15, 0.2) is 0 Å². The Labute approximate surface area is 159 Å². The number of piperidine rings is 1. The summed E-state index contributed by atoms with van der Waals surface area (Å²) in [6.07, 6.45) is 6.67. The van der Waals surface area contributed by atoms with Crippen LogP contribution in [-0.4, -0.2) is 36.3 Å². The molecular formula is C22H36N2O2. The van der Waals surface area contributed by atoms with Crippen molar-refractivity contribution >= 4 is 17.5 Å². The number of para-hydroxylation sites is 1. The summed E-state index contributed by atoms with van der Waals surface area (Å²) < 4.78 is 0. The molecule has 1 atom stereocenters. The number of hydrogen-bond acceptors (Lipinski definition) is 2. The van der Waals surface area contributed by atoms with Gasteiger partial charge in [0.1, 0.15) is 0 Å². The third kappa shape index (κ3) is 7.59. The van der Waals surface area contributed by atoms with E-state index in [1.165, 1.54) is 19.3 Å². The third-order valence-electron chi connectivity index (χ3n) is 4.78. The Morgan fingerprint density at radius 2 is 1.77 bits per heavy atom. The van der Waals surface area contributed by atoms with Crippen molar-refractivity contribution in [2.75, 3.05) is 24.5 Å². The van der Waals surface area contributed by atoms with Crippen molar-refractivity contribution < 1.29 is 9.59 Å². The molecule has 26 heavy (non-hydrogen) atoms. The molecule has 0 radical (unpaired) electrons. The highest BCUT2D eigenvalue weighted by molar-refractivity contribution is 5.93. The molecule has 0 saturated carbocycles. The maximum absolute atomic E-state index is 12.2. The van der Waals surface area contributed by atoms with Gasteiger partial charge in [0.25, 0.3) is 0 Å². The predicted octanol–water partition coefficient (Wildman–Crippen LogP) is 4.88. The number of unbranched alkanes of at least 4 members (excludes halogenated alkanes) is 2. The highest BCUT2D eigenvalue weighted by atomic mass is 16.2. The lowest BCUT2D eigenvalue weighted by Gasteiger charge is -2.35. The van der Waals surface area contributed by atoms with E-state index in [1.807, 2.05) is 47.1 Å². The van der Waals surface area contributed by atoms with E-state index in [0.717, 1.165) is 31.6 Å². The number of amides is 2. The number of likely N-dealkylation sites (tertiary alicyclic amines) is 1. The van der Waals surface area contributed by atoms with Crippen LogP contribution in [0.5, 0.6) is 0 Å². The van der Waals surface area contributed by atoms with E-state index < -0.39 is 0 Å². The summed E-state index contributed by atoms with van der Waals surface area (Å²) in [6, 6.07) is 9.80. The Kier molecular flexibility index (Phi) is 10.7. The lowest BCUT2D eigenvalue weighted by Crippen LogP contribution is -2.44. The first kappa shape index (κ1) is 22.2. The first-order valence-corrected chi connectivity index (χ1v) is 10.1. The lowest BCUT2D eigenvalue weighted by molar-refractivity contribution is -0.130. The number of nitrogens with zero attached hydrogens (tertiary/aromatic N) is 2. The van der Waals surface area contributed by atoms with Crippen LogP contribution in [-0.2, 0) is 9.59 Å². The molecule has 0 spiro atoms. The molecule has 146 valence electrons. The molecule has 0 N–H and O–H groups in total. The van der Waals surface area contributed by atoms with Crippen molar-refractivity contribution in [1.29, 1.82) is 0 Å². The minimum absolute atomic E-state index is 0.132. The standard InChI is InChI=1S/C17H24N2O2.C5H12/c1-3-17(21)19(16-9-5-4-6-10-16)13-15-8-7-11-18(12-15)14(2)20;1-3-5-4-2/h4-6,9-10,15H,3,7-8,11-13H2,1-2H3;3-5H2,1-2H3. The van der Waals surface area contributed by atoms with Crippen LogP contribution in [0.4, 0.5) is 5.69 Å². The van der Waals surface area contributed by atoms with Crippen molar-refractivity contribution in [2.45, 2.75) is 66.2 Å². The molecule has 1 aliphatic rings. The summed E-state index contributed by atoms with van der Waals surface area (Å²) in [5, 5.41) is 0. The molecule has 0 aliphatic carbocycles. The van der Waals surface area contributed by atoms with Gasteiger partial charge in [-0.2, -0.15) is 0 Å². The fourth-order valence-corrected chi connectivity index (χ4v) is 3.26. The van der Waals surface area contributed by atoms with Gasteiger partial charge in [-0.1, -0.05) is 58.2 Å². The number of anilines is 1. The number of hydrogen-bond donors (Lipinski definition) is 0. The minimum atomic E-state index is 0.132. The summed E-state index contributed by atoms with van der Waals surface area (Å²) in [7, 11) is 0. The molecule has 1 aromatic carbocycles. The largest absolute Gasteiger partial charge is 0.343 e. The molecule has 0 aromatic heterocycles. The van der Waals surface area contributed by atoms with Crippen LogP contribution >= 0.6 is 0 Å². The number of carbonyl (C=O) groups excluding carboxylic acids is 2. The van der Waals surface area contributed by atoms with Gasteiger partial charge in [0.2, 0.25) is 11.8 Å². The van der Waals surface area contributed by atoms with Crippen molar-refractivity contribution in [3.05, 3.63) is 30.3 Å². The SMILES string of the molecule is CCC(=O)N(CC1CCCN(C(C)=O)C1)c1ccccc1.CCCCC. The zero-order valence-corrected chi connectivity index (χ0v) is 17.0. The van der Waals surface area contributed by atoms with Gasteiger partial charge in [-0.05, 0) is 30.9 Å². The number of benzene rings is 1. The molecule has 1 saturated heterocycles. The molecule has 2 rings (SSSR count). The number of carbonyl (C=O) groups is 2. The fraction of sp³-hybridized carbons (Fsp3) is 0.636. The van der Waals surface area contributed by atoms with E-state index in [1.54, 1.807) is 6.92 Å². The lowest BCUT2D eigenvalue weighted by atomic mass is 9.97. The zero-order chi connectivity index (χ0) is 19.4. The Hall–Kier alpha value is -1.84. The Morgan fingerprint density at radius 1 is 1.12 bits per heavy atom. The van der Waals surface area contributed by atoms with Gasteiger partial charge < -0.3 is 9.80 Å². The minimum Gasteiger partial charge on any atom is -0.343 e. The Morgan fingerprint density at radius 3 is 2.27 bits per heavy atom. The average molecular weight is 361 g/mol. The van der Waals surface area contributed by atoms with Gasteiger partial charge in [-0.15, -0.1) is 0 Å². The molecule has 1 aliphatic heterocycles. The molecule has 1 unspecified atom stereocenters. The second kappa shape index (κ2) is 12.5. The zero-order valence-electron chi connectivity index (χ0n) is 17.0. The Bertz CT molecular complexity index is 528. The van der Waals surface area contributed by atoms with Crippen LogP contribution in [0.3, 0.4) is 0 Å². The molecule has 1 fully saturated rings. The first-order chi connectivity index (χ1) is 12.5. The highest BCUT2D eigenvalue weighted by Gasteiger charge is 2.25. The van der Waals surface area contributed by atoms with Crippen molar-refractivity contribution in [2.24, 2.45) is 5.92 Å². The fourth-order valence-electron chi connectivity index (χ4n) is 3.26. The van der Waals surface area contributed by atoms with Crippen molar-refractivity contribution in [3.63, 3.8) is 0 Å². The molecule has 4 heteroatoms. The average Bonchev–Trinajstić information content (AvgIpc) is 2.67. The summed E-state index contributed by atoms with van der Waals surface area (Å²) in [5.41, 5.74) is 0.948. The van der Waals surface area contributed by atoms with E-state index in [9.17, 15) is 9.59 Å². The molecule has 0 bridgehead atoms. The maximum Gasteiger partial charge on any atom is 0.226 e. The maximum atomic E-state index is 12.2. The summed E-state index contributed by atoms with van der Waals surface area (Å²) in [6.45, 7) is 10.2. The van der Waals surface area contributed by atoms with Gasteiger partial charge in [-0.3, -0.25) is 9.59 Å². The smallest absolute Gasteiger partial charge is 0.226 e. The second-order valence-corrected chi connectivity index (χ2v) is 7.02. The van der Waals surface area contributed by atoms with E-state index in [0.29, 0.717) is 18.9 Å².